The van der Waals surface area contributed by atoms with Gasteiger partial charge >= 0.3 is 0 Å². The fraction of sp³-hybridized carbons (Fsp3) is 1.00. The smallest absolute Gasteiger partial charge is 0.0946 e. The molecule has 0 aromatic carbocycles. The van der Waals surface area contributed by atoms with Gasteiger partial charge < -0.3 is 19.3 Å². The fourth-order valence-corrected chi connectivity index (χ4v) is 1.53. The highest BCUT2D eigenvalue weighted by atomic mass is 17.2. The van der Waals surface area contributed by atoms with Gasteiger partial charge in [0.25, 0.3) is 0 Å². The molecular formula is C14H30O8. The van der Waals surface area contributed by atoms with Gasteiger partial charge in [-0.2, -0.15) is 0 Å². The first-order valence-corrected chi connectivity index (χ1v) is 7.48. The van der Waals surface area contributed by atoms with Gasteiger partial charge in [0.05, 0.1) is 71.5 Å². The van der Waals surface area contributed by atoms with E-state index in [9.17, 15) is 0 Å². The highest BCUT2D eigenvalue weighted by molar-refractivity contribution is 4.78. The van der Waals surface area contributed by atoms with Crippen LogP contribution in [0, 0.1) is 5.41 Å². The van der Waals surface area contributed by atoms with Crippen molar-refractivity contribution in [2.45, 2.75) is 13.8 Å². The Morgan fingerprint density at radius 3 is 1.73 bits per heavy atom. The van der Waals surface area contributed by atoms with Gasteiger partial charge in [-0.05, 0) is 13.8 Å². The summed E-state index contributed by atoms with van der Waals surface area (Å²) in [5.41, 5.74) is -0.604. The predicted octanol–water partition coefficient (Wildman–Crippen LogP) is 0.581. The molecule has 134 valence electrons. The minimum atomic E-state index is -0.604. The molecule has 22 heavy (non-hydrogen) atoms. The lowest BCUT2D eigenvalue weighted by molar-refractivity contribution is -0.346. The molecule has 0 aromatic heterocycles. The van der Waals surface area contributed by atoms with Crippen LogP contribution in [-0.4, -0.2) is 78.3 Å². The van der Waals surface area contributed by atoms with Crippen LogP contribution in [0.3, 0.4) is 0 Å². The second-order valence-electron chi connectivity index (χ2n) is 4.66. The van der Waals surface area contributed by atoms with E-state index in [2.05, 4.69) is 0 Å². The Bertz CT molecular complexity index is 200. The summed E-state index contributed by atoms with van der Waals surface area (Å²) in [7, 11) is 1.61. The topological polar surface area (TPSA) is 84.8 Å². The Morgan fingerprint density at radius 1 is 0.727 bits per heavy atom. The summed E-state index contributed by atoms with van der Waals surface area (Å²) in [5, 5.41) is 8.85. The Morgan fingerprint density at radius 2 is 1.27 bits per heavy atom. The quantitative estimate of drug-likeness (QED) is 0.236. The van der Waals surface area contributed by atoms with Crippen molar-refractivity contribution in [3.8, 4) is 0 Å². The summed E-state index contributed by atoms with van der Waals surface area (Å²) in [4.78, 5) is 20.2. The van der Waals surface area contributed by atoms with Crippen molar-refractivity contribution < 1.29 is 38.9 Å². The SMILES string of the molecule is CCOOCC(COCCO)(COCCOC)COOCC. The minimum absolute atomic E-state index is 0.0563. The van der Waals surface area contributed by atoms with Crippen molar-refractivity contribution in [2.24, 2.45) is 5.41 Å². The minimum Gasteiger partial charge on any atom is -0.394 e. The third-order valence-electron chi connectivity index (χ3n) is 2.62. The van der Waals surface area contributed by atoms with Gasteiger partial charge in [-0.15, -0.1) is 0 Å². The first kappa shape index (κ1) is 21.7. The summed E-state index contributed by atoms with van der Waals surface area (Å²) < 4.78 is 16.0. The molecule has 8 heteroatoms. The third kappa shape index (κ3) is 11.3. The average Bonchev–Trinajstić information content (AvgIpc) is 2.52. The van der Waals surface area contributed by atoms with Crippen LogP contribution in [0.4, 0.5) is 0 Å². The van der Waals surface area contributed by atoms with Gasteiger partial charge in [-0.25, -0.2) is 19.6 Å². The van der Waals surface area contributed by atoms with Gasteiger partial charge in [0.2, 0.25) is 0 Å². The molecule has 0 aliphatic rings. The molecule has 0 bridgehead atoms. The van der Waals surface area contributed by atoms with E-state index < -0.39 is 5.41 Å². The van der Waals surface area contributed by atoms with Crippen molar-refractivity contribution in [1.82, 2.24) is 0 Å². The molecule has 0 spiro atoms. The molecule has 0 unspecified atom stereocenters. The number of methoxy groups -OCH3 is 1. The number of hydrogen-bond acceptors (Lipinski definition) is 8. The molecule has 0 heterocycles. The molecule has 0 saturated heterocycles. The summed E-state index contributed by atoms with van der Waals surface area (Å²) >= 11 is 0. The second-order valence-corrected chi connectivity index (χ2v) is 4.66. The van der Waals surface area contributed by atoms with Crippen molar-refractivity contribution in [1.29, 1.82) is 0 Å². The maximum absolute atomic E-state index is 8.85. The molecule has 0 atom stereocenters. The van der Waals surface area contributed by atoms with Crippen molar-refractivity contribution in [3.63, 3.8) is 0 Å². The third-order valence-corrected chi connectivity index (χ3v) is 2.62. The van der Waals surface area contributed by atoms with Crippen molar-refractivity contribution in [3.05, 3.63) is 0 Å². The van der Waals surface area contributed by atoms with Crippen molar-refractivity contribution >= 4 is 0 Å². The summed E-state index contributed by atoms with van der Waals surface area (Å²) in [5.74, 6) is 0. The van der Waals surface area contributed by atoms with E-state index in [1.54, 1.807) is 7.11 Å². The van der Waals surface area contributed by atoms with Gasteiger partial charge in [-0.3, -0.25) is 0 Å². The standard InChI is InChI=1S/C14H30O8/c1-4-19-21-12-14(10-17-7-6-15,13-22-20-5-2)11-18-9-8-16-3/h15H,4-13H2,1-3H3. The summed E-state index contributed by atoms with van der Waals surface area (Å²) in [6.07, 6.45) is 0. The summed E-state index contributed by atoms with van der Waals surface area (Å²) in [6.45, 7) is 6.66. The molecule has 8 nitrogen and oxygen atoms in total. The molecule has 0 aromatic rings. The number of ether oxygens (including phenoxy) is 3. The van der Waals surface area contributed by atoms with Crippen LogP contribution in [-0.2, 0) is 33.8 Å². The predicted molar refractivity (Wildman–Crippen MR) is 78.2 cm³/mol. The Labute approximate surface area is 132 Å². The Kier molecular flexibility index (Phi) is 15.3. The first-order valence-electron chi connectivity index (χ1n) is 7.48. The van der Waals surface area contributed by atoms with Gasteiger partial charge in [0.1, 0.15) is 0 Å². The van der Waals surface area contributed by atoms with E-state index in [0.717, 1.165) is 0 Å². The molecule has 1 N–H and O–H groups in total. The van der Waals surface area contributed by atoms with Gasteiger partial charge in [0, 0.05) is 7.11 Å². The lowest BCUT2D eigenvalue weighted by Gasteiger charge is -2.31. The lowest BCUT2D eigenvalue weighted by Crippen LogP contribution is -2.42. The monoisotopic (exact) mass is 326 g/mol. The maximum Gasteiger partial charge on any atom is 0.0946 e. The van der Waals surface area contributed by atoms with Crippen LogP contribution in [0.2, 0.25) is 0 Å². The number of aliphatic hydroxyl groups is 1. The normalized spacial score (nSPS) is 12.0. The van der Waals surface area contributed by atoms with E-state index in [1.807, 2.05) is 13.8 Å². The van der Waals surface area contributed by atoms with Crippen LogP contribution < -0.4 is 0 Å². The zero-order chi connectivity index (χ0) is 16.5. The average molecular weight is 326 g/mol. The summed E-state index contributed by atoms with van der Waals surface area (Å²) in [6, 6.07) is 0. The first-order chi connectivity index (χ1) is 10.7. The molecule has 0 amide bonds. The highest BCUT2D eigenvalue weighted by Crippen LogP contribution is 2.21. The highest BCUT2D eigenvalue weighted by Gasteiger charge is 2.33. The molecule has 0 aliphatic carbocycles. The molecular weight excluding hydrogens is 296 g/mol. The Hall–Kier alpha value is -0.320. The van der Waals surface area contributed by atoms with E-state index in [1.165, 1.54) is 0 Å². The van der Waals surface area contributed by atoms with E-state index >= 15 is 0 Å². The van der Waals surface area contributed by atoms with E-state index in [-0.39, 0.29) is 33.0 Å². The zero-order valence-corrected chi connectivity index (χ0v) is 13.9. The molecule has 0 rings (SSSR count). The van der Waals surface area contributed by atoms with Crippen LogP contribution in [0.25, 0.3) is 0 Å². The Balaban J connectivity index is 4.53. The van der Waals surface area contributed by atoms with E-state index in [0.29, 0.717) is 33.0 Å². The van der Waals surface area contributed by atoms with Gasteiger partial charge in [0.15, 0.2) is 0 Å². The fourth-order valence-electron chi connectivity index (χ4n) is 1.53. The van der Waals surface area contributed by atoms with E-state index in [4.69, 9.17) is 38.9 Å². The van der Waals surface area contributed by atoms with Crippen LogP contribution in [0.5, 0.6) is 0 Å². The zero-order valence-electron chi connectivity index (χ0n) is 13.9. The molecule has 0 aliphatic heterocycles. The molecule has 0 radical (unpaired) electrons. The maximum atomic E-state index is 8.85. The number of rotatable bonds is 17. The number of aliphatic hydroxyl groups excluding tert-OH is 1. The lowest BCUT2D eigenvalue weighted by atomic mass is 9.92. The van der Waals surface area contributed by atoms with Crippen LogP contribution in [0.1, 0.15) is 13.8 Å². The molecule has 0 fully saturated rings. The second kappa shape index (κ2) is 15.6. The largest absolute Gasteiger partial charge is 0.394 e. The van der Waals surface area contributed by atoms with Crippen LogP contribution >= 0.6 is 0 Å². The van der Waals surface area contributed by atoms with Crippen LogP contribution in [0.15, 0.2) is 0 Å². The molecule has 0 saturated carbocycles. The van der Waals surface area contributed by atoms with Gasteiger partial charge in [-0.1, -0.05) is 0 Å². The number of hydrogen-bond donors (Lipinski definition) is 1. The van der Waals surface area contributed by atoms with Crippen molar-refractivity contribution in [2.75, 3.05) is 73.2 Å².